The van der Waals surface area contributed by atoms with Crippen LogP contribution in [-0.2, 0) is 7.05 Å². The van der Waals surface area contributed by atoms with Crippen molar-refractivity contribution in [1.29, 1.82) is 0 Å². The van der Waals surface area contributed by atoms with Crippen LogP contribution in [0.1, 0.15) is 16.1 Å². The number of benzene rings is 1. The molecule has 2 aromatic rings. The number of halogens is 1. The average Bonchev–Trinajstić information content (AvgIpc) is 2.64. The van der Waals surface area contributed by atoms with E-state index < -0.39 is 5.82 Å². The van der Waals surface area contributed by atoms with Crippen LogP contribution in [0.25, 0.3) is 0 Å². The summed E-state index contributed by atoms with van der Waals surface area (Å²) in [4.78, 5) is 15.7. The van der Waals surface area contributed by atoms with Crippen LogP contribution in [0.5, 0.6) is 0 Å². The molecule has 1 aromatic heterocycles. The highest BCUT2D eigenvalue weighted by molar-refractivity contribution is 6.07. The van der Waals surface area contributed by atoms with Crippen LogP contribution in [0.3, 0.4) is 0 Å². The van der Waals surface area contributed by atoms with Gasteiger partial charge in [0.2, 0.25) is 5.78 Å². The summed E-state index contributed by atoms with van der Waals surface area (Å²) in [6, 6.07) is 5.91. The summed E-state index contributed by atoms with van der Waals surface area (Å²) in [7, 11) is 1.70. The van der Waals surface area contributed by atoms with Gasteiger partial charge in [-0.05, 0) is 12.1 Å². The zero-order chi connectivity index (χ0) is 10.8. The van der Waals surface area contributed by atoms with Crippen molar-refractivity contribution >= 4 is 5.78 Å². The number of carbonyl (C=O) groups is 1. The van der Waals surface area contributed by atoms with Crippen LogP contribution >= 0.6 is 0 Å². The molecule has 0 atom stereocenters. The molecule has 3 nitrogen and oxygen atoms in total. The SMILES string of the molecule is Cn1cncc1C(=O)c1ccccc1F. The first-order valence-corrected chi connectivity index (χ1v) is 4.45. The molecule has 0 aliphatic heterocycles. The number of aryl methyl sites for hydroxylation is 1. The van der Waals surface area contributed by atoms with Crippen molar-refractivity contribution in [3.8, 4) is 0 Å². The second kappa shape index (κ2) is 3.65. The molecule has 76 valence electrons. The molecule has 0 saturated heterocycles. The molecule has 4 heteroatoms. The van der Waals surface area contributed by atoms with E-state index in [0.29, 0.717) is 5.69 Å². The number of imidazole rings is 1. The quantitative estimate of drug-likeness (QED) is 0.699. The topological polar surface area (TPSA) is 34.9 Å². The summed E-state index contributed by atoms with van der Waals surface area (Å²) in [6.07, 6.45) is 2.93. The Balaban J connectivity index is 2.46. The van der Waals surface area contributed by atoms with Crippen LogP contribution in [0.15, 0.2) is 36.8 Å². The molecule has 0 radical (unpaired) electrons. The first kappa shape index (κ1) is 9.58. The van der Waals surface area contributed by atoms with Gasteiger partial charge in [-0.2, -0.15) is 0 Å². The van der Waals surface area contributed by atoms with E-state index in [2.05, 4.69) is 4.98 Å². The highest BCUT2D eigenvalue weighted by Crippen LogP contribution is 2.12. The van der Waals surface area contributed by atoms with Crippen molar-refractivity contribution in [2.45, 2.75) is 0 Å². The first-order chi connectivity index (χ1) is 7.20. The lowest BCUT2D eigenvalue weighted by Crippen LogP contribution is -2.08. The van der Waals surface area contributed by atoms with Crippen LogP contribution in [0, 0.1) is 5.82 Å². The Morgan fingerprint density at radius 1 is 1.40 bits per heavy atom. The third-order valence-electron chi connectivity index (χ3n) is 2.17. The molecular weight excluding hydrogens is 195 g/mol. The molecule has 0 fully saturated rings. The first-order valence-electron chi connectivity index (χ1n) is 4.45. The number of carbonyl (C=O) groups excluding carboxylic acids is 1. The molecule has 2 rings (SSSR count). The van der Waals surface area contributed by atoms with Gasteiger partial charge in [-0.3, -0.25) is 4.79 Å². The highest BCUT2D eigenvalue weighted by Gasteiger charge is 2.15. The fraction of sp³-hybridized carbons (Fsp3) is 0.0909. The second-order valence-electron chi connectivity index (χ2n) is 3.20. The van der Waals surface area contributed by atoms with E-state index in [1.165, 1.54) is 24.7 Å². The number of hydrogen-bond donors (Lipinski definition) is 0. The van der Waals surface area contributed by atoms with Crippen molar-refractivity contribution in [3.05, 3.63) is 53.9 Å². The Labute approximate surface area is 86.2 Å². The zero-order valence-corrected chi connectivity index (χ0v) is 8.14. The summed E-state index contributed by atoms with van der Waals surface area (Å²) in [6.45, 7) is 0. The molecule has 0 unspecified atom stereocenters. The monoisotopic (exact) mass is 204 g/mol. The molecule has 0 aliphatic carbocycles. The smallest absolute Gasteiger partial charge is 0.213 e. The fourth-order valence-corrected chi connectivity index (χ4v) is 1.36. The lowest BCUT2D eigenvalue weighted by atomic mass is 10.1. The molecule has 15 heavy (non-hydrogen) atoms. The minimum absolute atomic E-state index is 0.0705. The lowest BCUT2D eigenvalue weighted by molar-refractivity contribution is 0.102. The molecule has 0 spiro atoms. The summed E-state index contributed by atoms with van der Waals surface area (Å²) in [5, 5.41) is 0. The average molecular weight is 204 g/mol. The van der Waals surface area contributed by atoms with Gasteiger partial charge in [-0.25, -0.2) is 9.37 Å². The second-order valence-corrected chi connectivity index (χ2v) is 3.20. The van der Waals surface area contributed by atoms with Gasteiger partial charge in [0, 0.05) is 7.05 Å². The molecule has 0 aliphatic rings. The van der Waals surface area contributed by atoms with Gasteiger partial charge in [-0.1, -0.05) is 12.1 Å². The maximum Gasteiger partial charge on any atom is 0.213 e. The normalized spacial score (nSPS) is 10.3. The van der Waals surface area contributed by atoms with Crippen molar-refractivity contribution in [1.82, 2.24) is 9.55 Å². The van der Waals surface area contributed by atoms with E-state index in [1.807, 2.05) is 0 Å². The van der Waals surface area contributed by atoms with E-state index in [1.54, 1.807) is 23.7 Å². The zero-order valence-electron chi connectivity index (χ0n) is 8.14. The fourth-order valence-electron chi connectivity index (χ4n) is 1.36. The number of rotatable bonds is 2. The van der Waals surface area contributed by atoms with E-state index in [-0.39, 0.29) is 11.3 Å². The Kier molecular flexibility index (Phi) is 2.33. The van der Waals surface area contributed by atoms with Crippen molar-refractivity contribution in [2.24, 2.45) is 7.05 Å². The molecule has 1 aromatic carbocycles. The molecule has 0 bridgehead atoms. The molecule has 0 amide bonds. The van der Waals surface area contributed by atoms with Crippen molar-refractivity contribution < 1.29 is 9.18 Å². The van der Waals surface area contributed by atoms with E-state index >= 15 is 0 Å². The largest absolute Gasteiger partial charge is 0.331 e. The van der Waals surface area contributed by atoms with E-state index in [9.17, 15) is 9.18 Å². The predicted octanol–water partition coefficient (Wildman–Crippen LogP) is 1.79. The lowest BCUT2D eigenvalue weighted by Gasteiger charge is -2.02. The molecular formula is C11H9FN2O. The molecule has 1 heterocycles. The maximum absolute atomic E-state index is 13.3. The summed E-state index contributed by atoms with van der Waals surface area (Å²) in [5.74, 6) is -0.864. The number of ketones is 1. The number of aromatic nitrogens is 2. The van der Waals surface area contributed by atoms with Crippen LogP contribution < -0.4 is 0 Å². The van der Waals surface area contributed by atoms with Crippen LogP contribution in [0.2, 0.25) is 0 Å². The predicted molar refractivity (Wildman–Crippen MR) is 53.0 cm³/mol. The molecule has 0 N–H and O–H groups in total. The van der Waals surface area contributed by atoms with Gasteiger partial charge in [0.05, 0.1) is 18.1 Å². The minimum atomic E-state index is -0.510. The van der Waals surface area contributed by atoms with Crippen molar-refractivity contribution in [2.75, 3.05) is 0 Å². The highest BCUT2D eigenvalue weighted by atomic mass is 19.1. The standard InChI is InChI=1S/C11H9FN2O/c1-14-7-13-6-10(14)11(15)8-4-2-3-5-9(8)12/h2-7H,1H3. The van der Waals surface area contributed by atoms with Gasteiger partial charge >= 0.3 is 0 Å². The van der Waals surface area contributed by atoms with Gasteiger partial charge in [0.25, 0.3) is 0 Å². The number of hydrogen-bond acceptors (Lipinski definition) is 2. The number of nitrogens with zero attached hydrogens (tertiary/aromatic N) is 2. The van der Waals surface area contributed by atoms with E-state index in [4.69, 9.17) is 0 Å². The Morgan fingerprint density at radius 3 is 2.73 bits per heavy atom. The summed E-state index contributed by atoms with van der Waals surface area (Å²) < 4.78 is 14.9. The van der Waals surface area contributed by atoms with Gasteiger partial charge < -0.3 is 4.57 Å². The van der Waals surface area contributed by atoms with Gasteiger partial charge in [-0.15, -0.1) is 0 Å². The van der Waals surface area contributed by atoms with E-state index in [0.717, 1.165) is 0 Å². The Morgan fingerprint density at radius 2 is 2.13 bits per heavy atom. The summed E-state index contributed by atoms with van der Waals surface area (Å²) in [5.41, 5.74) is 0.446. The third-order valence-corrected chi connectivity index (χ3v) is 2.17. The van der Waals surface area contributed by atoms with Crippen LogP contribution in [0.4, 0.5) is 4.39 Å². The van der Waals surface area contributed by atoms with Crippen LogP contribution in [-0.4, -0.2) is 15.3 Å². The Bertz CT molecular complexity index is 505. The van der Waals surface area contributed by atoms with Gasteiger partial charge in [0.15, 0.2) is 0 Å². The Hall–Kier alpha value is -1.97. The van der Waals surface area contributed by atoms with Gasteiger partial charge in [0.1, 0.15) is 11.5 Å². The van der Waals surface area contributed by atoms with Crippen molar-refractivity contribution in [3.63, 3.8) is 0 Å². The molecule has 0 saturated carbocycles. The minimum Gasteiger partial charge on any atom is -0.331 e. The third kappa shape index (κ3) is 1.66. The maximum atomic E-state index is 13.3. The summed E-state index contributed by atoms with van der Waals surface area (Å²) >= 11 is 0.